The monoisotopic (exact) mass is 347 g/mol. The first-order valence-electron chi connectivity index (χ1n) is 8.48. The molecule has 0 bridgehead atoms. The van der Waals surface area contributed by atoms with Gasteiger partial charge >= 0.3 is 0 Å². The highest BCUT2D eigenvalue weighted by Gasteiger charge is 2.24. The van der Waals surface area contributed by atoms with Gasteiger partial charge in [0.15, 0.2) is 0 Å². The average molecular weight is 347 g/mol. The van der Waals surface area contributed by atoms with Crippen LogP contribution in [-0.2, 0) is 4.79 Å². The molecular formula is C19H17N5O2. The molecule has 3 aromatic rings. The van der Waals surface area contributed by atoms with Gasteiger partial charge in [-0.05, 0) is 30.7 Å². The lowest BCUT2D eigenvalue weighted by Crippen LogP contribution is -2.34. The van der Waals surface area contributed by atoms with Gasteiger partial charge in [-0.3, -0.25) is 4.79 Å². The van der Waals surface area contributed by atoms with Gasteiger partial charge in [0.25, 0.3) is 0 Å². The summed E-state index contributed by atoms with van der Waals surface area (Å²) >= 11 is 0. The van der Waals surface area contributed by atoms with Crippen molar-refractivity contribution in [2.75, 3.05) is 18.0 Å². The molecule has 0 amide bonds. The van der Waals surface area contributed by atoms with Crippen LogP contribution in [0.25, 0.3) is 22.3 Å². The Bertz CT molecular complexity index is 1050. The predicted molar refractivity (Wildman–Crippen MR) is 95.7 cm³/mol. The molecule has 1 fully saturated rings. The lowest BCUT2D eigenvalue weighted by Gasteiger charge is -2.28. The minimum absolute atomic E-state index is 0.257. The van der Waals surface area contributed by atoms with Crippen LogP contribution >= 0.6 is 0 Å². The Kier molecular flexibility index (Phi) is 3.88. The third kappa shape index (κ3) is 2.80. The van der Waals surface area contributed by atoms with Gasteiger partial charge in [-0.15, -0.1) is 0 Å². The molecule has 3 heterocycles. The first kappa shape index (κ1) is 16.2. The van der Waals surface area contributed by atoms with Crippen LogP contribution in [0.5, 0.6) is 0 Å². The van der Waals surface area contributed by atoms with Crippen molar-refractivity contribution in [1.29, 1.82) is 5.26 Å². The molecule has 2 aromatic heterocycles. The molecule has 130 valence electrons. The summed E-state index contributed by atoms with van der Waals surface area (Å²) in [4.78, 5) is 22.8. The van der Waals surface area contributed by atoms with Crippen LogP contribution in [0.4, 0.5) is 5.82 Å². The largest absolute Gasteiger partial charge is 0.355 e. The Morgan fingerprint density at radius 1 is 1.15 bits per heavy atom. The second-order valence-electron chi connectivity index (χ2n) is 6.52. The number of ketones is 1. The Labute approximate surface area is 150 Å². The van der Waals surface area contributed by atoms with Gasteiger partial charge in [-0.1, -0.05) is 5.16 Å². The number of pyridine rings is 1. The van der Waals surface area contributed by atoms with Crippen molar-refractivity contribution in [1.82, 2.24) is 15.1 Å². The Morgan fingerprint density at radius 3 is 2.58 bits per heavy atom. The molecule has 7 nitrogen and oxygen atoms in total. The molecule has 0 spiro atoms. The number of aryl methyl sites for hydroxylation is 2. The van der Waals surface area contributed by atoms with E-state index in [0.717, 1.165) is 16.5 Å². The van der Waals surface area contributed by atoms with Crippen LogP contribution in [0.1, 0.15) is 29.9 Å². The Hall–Kier alpha value is -3.27. The molecule has 0 saturated carbocycles. The summed E-state index contributed by atoms with van der Waals surface area (Å²) in [7, 11) is 0. The molecule has 0 N–H and O–H groups in total. The number of nitriles is 1. The summed E-state index contributed by atoms with van der Waals surface area (Å²) in [5.41, 5.74) is 2.92. The van der Waals surface area contributed by atoms with Gasteiger partial charge < -0.3 is 9.42 Å². The van der Waals surface area contributed by atoms with Gasteiger partial charge in [0.2, 0.25) is 11.7 Å². The quantitative estimate of drug-likeness (QED) is 0.703. The number of carbonyl (C=O) groups is 1. The number of rotatable bonds is 2. The summed E-state index contributed by atoms with van der Waals surface area (Å²) in [5, 5.41) is 14.4. The van der Waals surface area contributed by atoms with E-state index in [0.29, 0.717) is 54.5 Å². The number of aromatic nitrogens is 3. The molecule has 1 aliphatic heterocycles. The van der Waals surface area contributed by atoms with Crippen LogP contribution in [0.3, 0.4) is 0 Å². The summed E-state index contributed by atoms with van der Waals surface area (Å²) < 4.78 is 5.15. The number of nitrogens with zero attached hydrogens (tertiary/aromatic N) is 5. The molecule has 0 atom stereocenters. The lowest BCUT2D eigenvalue weighted by molar-refractivity contribution is -0.119. The second-order valence-corrected chi connectivity index (χ2v) is 6.52. The van der Waals surface area contributed by atoms with Crippen molar-refractivity contribution in [3.63, 3.8) is 0 Å². The highest BCUT2D eigenvalue weighted by atomic mass is 16.5. The smallest absolute Gasteiger partial charge is 0.223 e. The normalized spacial score (nSPS) is 14.7. The first-order valence-corrected chi connectivity index (χ1v) is 8.48. The maximum Gasteiger partial charge on any atom is 0.223 e. The number of anilines is 1. The van der Waals surface area contributed by atoms with Crippen LogP contribution in [0, 0.1) is 25.2 Å². The number of benzene rings is 1. The van der Waals surface area contributed by atoms with E-state index >= 15 is 0 Å². The zero-order chi connectivity index (χ0) is 18.3. The zero-order valence-electron chi connectivity index (χ0n) is 14.6. The molecule has 4 rings (SSSR count). The minimum Gasteiger partial charge on any atom is -0.355 e. The predicted octanol–water partition coefficient (Wildman–Crippen LogP) is 2.94. The van der Waals surface area contributed by atoms with E-state index < -0.39 is 0 Å². The van der Waals surface area contributed by atoms with Crippen LogP contribution in [-0.4, -0.2) is 34.0 Å². The second kappa shape index (κ2) is 6.23. The third-order valence-electron chi connectivity index (χ3n) is 4.55. The van der Waals surface area contributed by atoms with E-state index in [9.17, 15) is 10.1 Å². The molecule has 0 aliphatic carbocycles. The van der Waals surface area contributed by atoms with Crippen molar-refractivity contribution in [3.05, 3.63) is 35.2 Å². The van der Waals surface area contributed by atoms with E-state index in [2.05, 4.69) is 21.1 Å². The molecular weight excluding hydrogens is 330 g/mol. The van der Waals surface area contributed by atoms with E-state index in [1.807, 2.05) is 25.1 Å². The number of Topliss-reactive ketones (excluding diaryl/α,β-unsaturated/α-hetero) is 1. The van der Waals surface area contributed by atoms with Gasteiger partial charge in [-0.2, -0.15) is 10.2 Å². The highest BCUT2D eigenvalue weighted by molar-refractivity contribution is 5.92. The van der Waals surface area contributed by atoms with Gasteiger partial charge in [-0.25, -0.2) is 4.98 Å². The van der Waals surface area contributed by atoms with Crippen molar-refractivity contribution < 1.29 is 9.32 Å². The van der Waals surface area contributed by atoms with Gasteiger partial charge in [0.1, 0.15) is 17.7 Å². The molecule has 1 aromatic carbocycles. The molecule has 7 heteroatoms. The maximum absolute atomic E-state index is 11.6. The van der Waals surface area contributed by atoms with E-state index in [1.165, 1.54) is 0 Å². The Morgan fingerprint density at radius 2 is 1.92 bits per heavy atom. The molecule has 1 aliphatic rings. The fraction of sp³-hybridized carbons (Fsp3) is 0.316. The van der Waals surface area contributed by atoms with E-state index in [-0.39, 0.29) is 5.78 Å². The van der Waals surface area contributed by atoms with Crippen LogP contribution in [0.15, 0.2) is 22.7 Å². The highest BCUT2D eigenvalue weighted by Crippen LogP contribution is 2.33. The van der Waals surface area contributed by atoms with Gasteiger partial charge in [0, 0.05) is 38.2 Å². The zero-order valence-corrected chi connectivity index (χ0v) is 14.6. The standard InChI is InChI=1S/C19H17N5O2/c1-11-7-13-9-16(18-21-12(2)26-23-18)19(22-17(13)14(8-11)10-20)24-5-3-15(25)4-6-24/h7-9H,3-6H2,1-2H3. The first-order chi connectivity index (χ1) is 12.5. The van der Waals surface area contributed by atoms with Crippen molar-refractivity contribution in [2.45, 2.75) is 26.7 Å². The van der Waals surface area contributed by atoms with Crippen LogP contribution in [0.2, 0.25) is 0 Å². The van der Waals surface area contributed by atoms with Gasteiger partial charge in [0.05, 0.1) is 16.6 Å². The molecule has 0 unspecified atom stereocenters. The van der Waals surface area contributed by atoms with Crippen LogP contribution < -0.4 is 4.90 Å². The SMILES string of the molecule is Cc1cc(C#N)c2nc(N3CCC(=O)CC3)c(-c3noc(C)n3)cc2c1. The number of carbonyl (C=O) groups excluding carboxylic acids is 1. The number of piperidine rings is 1. The Balaban J connectivity index is 1.95. The summed E-state index contributed by atoms with van der Waals surface area (Å²) in [6.45, 7) is 4.87. The molecule has 1 saturated heterocycles. The summed E-state index contributed by atoms with van der Waals surface area (Å²) in [6.07, 6.45) is 0.979. The summed E-state index contributed by atoms with van der Waals surface area (Å²) in [6, 6.07) is 8.00. The van der Waals surface area contributed by atoms with Crippen molar-refractivity contribution >= 4 is 22.5 Å². The number of fused-ring (bicyclic) bond motifs is 1. The number of hydrogen-bond donors (Lipinski definition) is 0. The van der Waals surface area contributed by atoms with Crippen molar-refractivity contribution in [3.8, 4) is 17.5 Å². The van der Waals surface area contributed by atoms with E-state index in [4.69, 9.17) is 9.51 Å². The average Bonchev–Trinajstić information content (AvgIpc) is 3.07. The fourth-order valence-electron chi connectivity index (χ4n) is 3.30. The third-order valence-corrected chi connectivity index (χ3v) is 4.55. The topological polar surface area (TPSA) is 95.9 Å². The fourth-order valence-corrected chi connectivity index (χ4v) is 3.30. The minimum atomic E-state index is 0.257. The number of hydrogen-bond acceptors (Lipinski definition) is 7. The maximum atomic E-state index is 11.6. The van der Waals surface area contributed by atoms with Crippen molar-refractivity contribution in [2.24, 2.45) is 0 Å². The van der Waals surface area contributed by atoms with E-state index in [1.54, 1.807) is 6.92 Å². The molecule has 0 radical (unpaired) electrons. The molecule has 26 heavy (non-hydrogen) atoms. The lowest BCUT2D eigenvalue weighted by atomic mass is 10.0. The summed E-state index contributed by atoms with van der Waals surface area (Å²) in [5.74, 6) is 1.88.